The maximum Gasteiger partial charge on any atom is 0.118 e. The fraction of sp³-hybridized carbons (Fsp3) is 0.100. The SMILES string of the molecule is COc1cccc(C2=N[C-]=CS2=O)c1. The minimum atomic E-state index is -1.16. The molecule has 4 heteroatoms. The molecule has 0 spiro atoms. The molecule has 1 heterocycles. The maximum absolute atomic E-state index is 11.4. The Labute approximate surface area is 84.6 Å². The minimum absolute atomic E-state index is 0.531. The predicted octanol–water partition coefficient (Wildman–Crippen LogP) is 1.48. The van der Waals surface area contributed by atoms with Crippen LogP contribution in [-0.4, -0.2) is 16.4 Å². The number of benzene rings is 1. The first-order valence-corrected chi connectivity index (χ1v) is 5.24. The van der Waals surface area contributed by atoms with Gasteiger partial charge in [0, 0.05) is 0 Å². The molecule has 0 bridgehead atoms. The highest BCUT2D eigenvalue weighted by atomic mass is 32.2. The highest BCUT2D eigenvalue weighted by Gasteiger charge is 2.03. The topological polar surface area (TPSA) is 38.7 Å². The second kappa shape index (κ2) is 3.75. The first-order valence-electron chi connectivity index (χ1n) is 4.03. The number of rotatable bonds is 2. The van der Waals surface area contributed by atoms with Crippen LogP contribution in [0.4, 0.5) is 0 Å². The zero-order chi connectivity index (χ0) is 9.97. The van der Waals surface area contributed by atoms with Crippen molar-refractivity contribution < 1.29 is 8.95 Å². The van der Waals surface area contributed by atoms with E-state index in [1.807, 2.05) is 18.2 Å². The van der Waals surface area contributed by atoms with Crippen LogP contribution >= 0.6 is 0 Å². The zero-order valence-electron chi connectivity index (χ0n) is 7.56. The quantitative estimate of drug-likeness (QED) is 0.687. The summed E-state index contributed by atoms with van der Waals surface area (Å²) < 4.78 is 16.5. The lowest BCUT2D eigenvalue weighted by atomic mass is 10.2. The lowest BCUT2D eigenvalue weighted by molar-refractivity contribution is 0.414. The summed E-state index contributed by atoms with van der Waals surface area (Å²) in [5.74, 6) is 0.731. The first kappa shape index (κ1) is 9.15. The van der Waals surface area contributed by atoms with E-state index < -0.39 is 10.8 Å². The molecule has 1 aliphatic heterocycles. The van der Waals surface area contributed by atoms with Gasteiger partial charge < -0.3 is 9.73 Å². The van der Waals surface area contributed by atoms with Gasteiger partial charge in [0.15, 0.2) is 0 Å². The van der Waals surface area contributed by atoms with Crippen LogP contribution < -0.4 is 4.74 Å². The molecule has 0 aliphatic carbocycles. The van der Waals surface area contributed by atoms with Crippen LogP contribution in [0.5, 0.6) is 5.75 Å². The summed E-state index contributed by atoms with van der Waals surface area (Å²) in [4.78, 5) is 3.92. The number of ether oxygens (including phenoxy) is 1. The molecule has 0 amide bonds. The molecule has 1 atom stereocenters. The molecule has 0 N–H and O–H groups in total. The monoisotopic (exact) mass is 206 g/mol. The number of aliphatic imine (C=N–C) groups is 1. The molecule has 1 unspecified atom stereocenters. The van der Waals surface area contributed by atoms with Crippen molar-refractivity contribution in [3.63, 3.8) is 0 Å². The number of hydrogen-bond acceptors (Lipinski definition) is 3. The molecule has 0 saturated carbocycles. The van der Waals surface area contributed by atoms with Crippen molar-refractivity contribution in [3.05, 3.63) is 41.4 Å². The van der Waals surface area contributed by atoms with E-state index in [0.29, 0.717) is 5.04 Å². The van der Waals surface area contributed by atoms with Crippen molar-refractivity contribution in [2.75, 3.05) is 7.11 Å². The van der Waals surface area contributed by atoms with Gasteiger partial charge in [-0.25, -0.2) is 0 Å². The zero-order valence-corrected chi connectivity index (χ0v) is 8.38. The summed E-state index contributed by atoms with van der Waals surface area (Å²) in [5.41, 5.74) is 0.809. The van der Waals surface area contributed by atoms with Crippen molar-refractivity contribution >= 4 is 15.8 Å². The third kappa shape index (κ3) is 1.61. The summed E-state index contributed by atoms with van der Waals surface area (Å²) in [6.07, 6.45) is 2.58. The average Bonchev–Trinajstić information content (AvgIpc) is 2.65. The van der Waals surface area contributed by atoms with Crippen molar-refractivity contribution in [1.82, 2.24) is 0 Å². The Balaban J connectivity index is 2.38. The summed E-state index contributed by atoms with van der Waals surface area (Å²) in [6.45, 7) is 0. The predicted molar refractivity (Wildman–Crippen MR) is 55.5 cm³/mol. The van der Waals surface area contributed by atoms with E-state index in [0.717, 1.165) is 11.3 Å². The first-order chi connectivity index (χ1) is 6.81. The minimum Gasteiger partial charge on any atom is -0.497 e. The Kier molecular flexibility index (Phi) is 2.45. The molecular weight excluding hydrogens is 198 g/mol. The molecule has 0 aromatic heterocycles. The highest BCUT2D eigenvalue weighted by molar-refractivity contribution is 8.04. The molecule has 1 aliphatic rings. The van der Waals surface area contributed by atoms with Crippen molar-refractivity contribution in [3.8, 4) is 5.75 Å². The Morgan fingerprint density at radius 1 is 1.50 bits per heavy atom. The van der Waals surface area contributed by atoms with Gasteiger partial charge in [0.1, 0.15) is 5.75 Å². The van der Waals surface area contributed by atoms with Crippen molar-refractivity contribution in [1.29, 1.82) is 0 Å². The van der Waals surface area contributed by atoms with Gasteiger partial charge >= 0.3 is 0 Å². The van der Waals surface area contributed by atoms with Crippen LogP contribution in [0.3, 0.4) is 0 Å². The van der Waals surface area contributed by atoms with Crippen molar-refractivity contribution in [2.45, 2.75) is 0 Å². The molecule has 72 valence electrons. The van der Waals surface area contributed by atoms with E-state index in [2.05, 4.69) is 11.2 Å². The summed E-state index contributed by atoms with van der Waals surface area (Å²) in [7, 11) is 0.431. The van der Waals surface area contributed by atoms with Crippen LogP contribution in [0.1, 0.15) is 5.56 Å². The third-order valence-corrected chi connectivity index (χ3v) is 2.86. The van der Waals surface area contributed by atoms with Gasteiger partial charge in [0.25, 0.3) is 0 Å². The molecular formula is C10H8NO2S-. The second-order valence-electron chi connectivity index (χ2n) is 2.69. The summed E-state index contributed by atoms with van der Waals surface area (Å²) >= 11 is 0. The average molecular weight is 206 g/mol. The molecule has 14 heavy (non-hydrogen) atoms. The van der Waals surface area contributed by atoms with Crippen LogP contribution in [0.15, 0.2) is 34.7 Å². The lowest BCUT2D eigenvalue weighted by Crippen LogP contribution is -2.03. The van der Waals surface area contributed by atoms with Gasteiger partial charge in [0.2, 0.25) is 0 Å². The number of hydrogen-bond donors (Lipinski definition) is 0. The highest BCUT2D eigenvalue weighted by Crippen LogP contribution is 2.17. The van der Waals surface area contributed by atoms with Crippen LogP contribution in [0, 0.1) is 6.20 Å². The van der Waals surface area contributed by atoms with E-state index in [9.17, 15) is 4.21 Å². The van der Waals surface area contributed by atoms with Gasteiger partial charge in [0.05, 0.1) is 7.11 Å². The molecule has 1 aromatic carbocycles. The largest absolute Gasteiger partial charge is 0.497 e. The molecule has 0 radical (unpaired) electrons. The fourth-order valence-electron chi connectivity index (χ4n) is 1.17. The van der Waals surface area contributed by atoms with E-state index in [1.165, 1.54) is 5.41 Å². The molecule has 1 aromatic rings. The third-order valence-electron chi connectivity index (χ3n) is 1.83. The molecule has 3 nitrogen and oxygen atoms in total. The molecule has 2 rings (SSSR count). The Hall–Kier alpha value is -1.42. The number of nitrogens with zero attached hydrogens (tertiary/aromatic N) is 1. The summed E-state index contributed by atoms with van der Waals surface area (Å²) in [5, 5.41) is 1.97. The van der Waals surface area contributed by atoms with E-state index >= 15 is 0 Å². The van der Waals surface area contributed by atoms with Gasteiger partial charge in [-0.05, 0) is 28.0 Å². The van der Waals surface area contributed by atoms with E-state index in [-0.39, 0.29) is 0 Å². The summed E-state index contributed by atoms with van der Waals surface area (Å²) in [6, 6.07) is 7.32. The maximum atomic E-state index is 11.4. The van der Waals surface area contributed by atoms with Gasteiger partial charge in [-0.1, -0.05) is 23.1 Å². The normalized spacial score (nSPS) is 19.5. The smallest absolute Gasteiger partial charge is 0.118 e. The van der Waals surface area contributed by atoms with Crippen LogP contribution in [-0.2, 0) is 10.8 Å². The molecule has 0 fully saturated rings. The second-order valence-corrected chi connectivity index (χ2v) is 3.91. The van der Waals surface area contributed by atoms with E-state index in [1.54, 1.807) is 13.2 Å². The van der Waals surface area contributed by atoms with Crippen LogP contribution in [0.2, 0.25) is 0 Å². The number of methoxy groups -OCH3 is 1. The van der Waals surface area contributed by atoms with Gasteiger partial charge in [-0.15, -0.1) is 6.20 Å². The van der Waals surface area contributed by atoms with Gasteiger partial charge in [-0.3, -0.25) is 4.21 Å². The van der Waals surface area contributed by atoms with Crippen LogP contribution in [0.25, 0.3) is 0 Å². The Bertz CT molecular complexity index is 438. The Morgan fingerprint density at radius 3 is 3.00 bits per heavy atom. The molecule has 0 saturated heterocycles. The van der Waals surface area contributed by atoms with Gasteiger partial charge in [-0.2, -0.15) is 0 Å². The Morgan fingerprint density at radius 2 is 2.36 bits per heavy atom. The van der Waals surface area contributed by atoms with Crippen molar-refractivity contribution in [2.24, 2.45) is 4.99 Å². The standard InChI is InChI=1S/C10H8NO2S/c1-13-9-4-2-3-8(7-9)10-11-5-6-14(10)12/h2-4,6-7H,1H3/q-1. The lowest BCUT2D eigenvalue weighted by Gasteiger charge is -2.09. The fourth-order valence-corrected chi connectivity index (χ4v) is 1.93. The van der Waals surface area contributed by atoms with E-state index in [4.69, 9.17) is 4.74 Å².